The van der Waals surface area contributed by atoms with Crippen molar-refractivity contribution in [3.05, 3.63) is 59.7 Å². The number of nitrogens with one attached hydrogen (secondary N) is 1. The van der Waals surface area contributed by atoms with Crippen LogP contribution in [-0.2, 0) is 17.5 Å². The molecule has 8 heteroatoms. The number of carbonyl (C=O) groups excluding carboxylic acids is 2. The number of hydrogen-bond donors (Lipinski definition) is 1. The summed E-state index contributed by atoms with van der Waals surface area (Å²) in [5, 5.41) is 2.86. The molecule has 0 aromatic heterocycles. The number of urea groups is 1. The number of nitrogens with zero attached hydrogens (tertiary/aromatic N) is 2. The average molecular weight is 417 g/mol. The standard InChI is InChI=1S/C22H22F3N3O2/c23-22(24,25)17-4-1-3-15(13-17)14-27-11-2-12-28(21(27)30)19-9-7-18(8-10-19)26-20(29)16-5-6-16/h1,3-4,7-10,13,16H,2,5-6,11-12,14H2,(H,26,29). The normalized spacial score (nSPS) is 17.2. The average Bonchev–Trinajstić information content (AvgIpc) is 3.55. The number of rotatable bonds is 5. The van der Waals surface area contributed by atoms with Crippen LogP contribution < -0.4 is 10.2 Å². The van der Waals surface area contributed by atoms with Crippen LogP contribution in [0.1, 0.15) is 30.4 Å². The highest BCUT2D eigenvalue weighted by Gasteiger charge is 2.32. The second kappa shape index (κ2) is 8.01. The molecule has 1 heterocycles. The second-order valence-electron chi connectivity index (χ2n) is 7.72. The molecule has 1 saturated heterocycles. The maximum atomic E-state index is 13.0. The van der Waals surface area contributed by atoms with E-state index in [1.54, 1.807) is 40.1 Å². The van der Waals surface area contributed by atoms with Gasteiger partial charge in [0.15, 0.2) is 0 Å². The van der Waals surface area contributed by atoms with E-state index in [1.807, 2.05) is 0 Å². The van der Waals surface area contributed by atoms with Crippen LogP contribution in [0.5, 0.6) is 0 Å². The highest BCUT2D eigenvalue weighted by atomic mass is 19.4. The summed E-state index contributed by atoms with van der Waals surface area (Å²) in [6.07, 6.45) is -1.85. The third kappa shape index (κ3) is 4.58. The Morgan fingerprint density at radius 1 is 1.07 bits per heavy atom. The Kier molecular flexibility index (Phi) is 5.40. The van der Waals surface area contributed by atoms with Crippen molar-refractivity contribution in [2.45, 2.75) is 32.0 Å². The number of alkyl halides is 3. The fraction of sp³-hybridized carbons (Fsp3) is 0.364. The molecule has 3 amide bonds. The van der Waals surface area contributed by atoms with E-state index in [4.69, 9.17) is 0 Å². The van der Waals surface area contributed by atoms with Gasteiger partial charge in [-0.1, -0.05) is 12.1 Å². The fourth-order valence-corrected chi connectivity index (χ4v) is 3.55. The maximum Gasteiger partial charge on any atom is 0.416 e. The van der Waals surface area contributed by atoms with Crippen molar-refractivity contribution in [3.8, 4) is 0 Å². The minimum Gasteiger partial charge on any atom is -0.326 e. The van der Waals surface area contributed by atoms with Gasteiger partial charge < -0.3 is 10.2 Å². The molecule has 2 aromatic carbocycles. The van der Waals surface area contributed by atoms with E-state index < -0.39 is 11.7 Å². The van der Waals surface area contributed by atoms with Gasteiger partial charge in [-0.15, -0.1) is 0 Å². The lowest BCUT2D eigenvalue weighted by molar-refractivity contribution is -0.137. The predicted molar refractivity (Wildman–Crippen MR) is 107 cm³/mol. The quantitative estimate of drug-likeness (QED) is 0.754. The molecule has 1 aliphatic carbocycles. The molecule has 1 aliphatic heterocycles. The molecule has 2 aliphatic rings. The third-order valence-electron chi connectivity index (χ3n) is 5.33. The highest BCUT2D eigenvalue weighted by Crippen LogP contribution is 2.31. The first kappa shape index (κ1) is 20.3. The lowest BCUT2D eigenvalue weighted by Crippen LogP contribution is -2.49. The van der Waals surface area contributed by atoms with Gasteiger partial charge in [0, 0.05) is 36.9 Å². The molecule has 1 N–H and O–H groups in total. The van der Waals surface area contributed by atoms with Crippen molar-refractivity contribution in [1.29, 1.82) is 0 Å². The first-order chi connectivity index (χ1) is 14.3. The van der Waals surface area contributed by atoms with Crippen molar-refractivity contribution in [2.75, 3.05) is 23.3 Å². The van der Waals surface area contributed by atoms with Crippen LogP contribution in [0.2, 0.25) is 0 Å². The third-order valence-corrected chi connectivity index (χ3v) is 5.33. The minimum atomic E-state index is -4.41. The summed E-state index contributed by atoms with van der Waals surface area (Å²) in [5.74, 6) is 0.127. The smallest absolute Gasteiger partial charge is 0.326 e. The van der Waals surface area contributed by atoms with E-state index in [1.165, 1.54) is 6.07 Å². The van der Waals surface area contributed by atoms with Gasteiger partial charge in [0.05, 0.1) is 5.56 Å². The molecule has 0 atom stereocenters. The van der Waals surface area contributed by atoms with E-state index >= 15 is 0 Å². The van der Waals surface area contributed by atoms with Crippen LogP contribution in [0.25, 0.3) is 0 Å². The zero-order chi connectivity index (χ0) is 21.3. The molecular weight excluding hydrogens is 395 g/mol. The van der Waals surface area contributed by atoms with E-state index in [0.29, 0.717) is 36.4 Å². The first-order valence-corrected chi connectivity index (χ1v) is 9.95. The van der Waals surface area contributed by atoms with Crippen molar-refractivity contribution < 1.29 is 22.8 Å². The summed E-state index contributed by atoms with van der Waals surface area (Å²) >= 11 is 0. The van der Waals surface area contributed by atoms with E-state index in [2.05, 4.69) is 5.32 Å². The molecule has 0 bridgehead atoms. The van der Waals surface area contributed by atoms with Crippen molar-refractivity contribution in [2.24, 2.45) is 5.92 Å². The molecule has 1 saturated carbocycles. The molecule has 2 fully saturated rings. The Labute approximate surface area is 172 Å². The SMILES string of the molecule is O=C(Nc1ccc(N2CCCN(Cc3cccc(C(F)(F)F)c3)C2=O)cc1)C1CC1. The molecule has 4 rings (SSSR count). The van der Waals surface area contributed by atoms with Crippen LogP contribution in [0.15, 0.2) is 48.5 Å². The van der Waals surface area contributed by atoms with E-state index in [-0.39, 0.29) is 24.4 Å². The van der Waals surface area contributed by atoms with Gasteiger partial charge in [-0.3, -0.25) is 9.69 Å². The molecule has 0 spiro atoms. The number of carbonyl (C=O) groups is 2. The summed E-state index contributed by atoms with van der Waals surface area (Å²) in [4.78, 5) is 28.0. The van der Waals surface area contributed by atoms with Gasteiger partial charge in [0.1, 0.15) is 0 Å². The summed E-state index contributed by atoms with van der Waals surface area (Å²) in [7, 11) is 0. The number of anilines is 2. The van der Waals surface area contributed by atoms with Crippen LogP contribution in [0, 0.1) is 5.92 Å². The van der Waals surface area contributed by atoms with Gasteiger partial charge in [-0.2, -0.15) is 13.2 Å². The molecule has 30 heavy (non-hydrogen) atoms. The zero-order valence-electron chi connectivity index (χ0n) is 16.3. The van der Waals surface area contributed by atoms with Gasteiger partial charge in [-0.05, 0) is 61.2 Å². The van der Waals surface area contributed by atoms with Gasteiger partial charge >= 0.3 is 12.2 Å². The van der Waals surface area contributed by atoms with Crippen LogP contribution in [-0.4, -0.2) is 29.9 Å². The Morgan fingerprint density at radius 2 is 1.80 bits per heavy atom. The molecule has 0 radical (unpaired) electrons. The van der Waals surface area contributed by atoms with Crippen LogP contribution >= 0.6 is 0 Å². The Balaban J connectivity index is 1.43. The van der Waals surface area contributed by atoms with Crippen molar-refractivity contribution in [1.82, 2.24) is 4.90 Å². The minimum absolute atomic E-state index is 0.0176. The largest absolute Gasteiger partial charge is 0.416 e. The van der Waals surface area contributed by atoms with Gasteiger partial charge in [0.25, 0.3) is 0 Å². The van der Waals surface area contributed by atoms with Crippen LogP contribution in [0.4, 0.5) is 29.3 Å². The number of amides is 3. The summed E-state index contributed by atoms with van der Waals surface area (Å²) < 4.78 is 38.9. The van der Waals surface area contributed by atoms with E-state index in [9.17, 15) is 22.8 Å². The molecule has 158 valence electrons. The molecule has 2 aromatic rings. The van der Waals surface area contributed by atoms with Crippen molar-refractivity contribution >= 4 is 23.3 Å². The Hall–Kier alpha value is -3.03. The Bertz CT molecular complexity index is 939. The van der Waals surface area contributed by atoms with Gasteiger partial charge in [-0.25, -0.2) is 4.79 Å². The Morgan fingerprint density at radius 3 is 2.47 bits per heavy atom. The number of hydrogen-bond acceptors (Lipinski definition) is 2. The number of benzene rings is 2. The summed E-state index contributed by atoms with van der Waals surface area (Å²) in [6.45, 7) is 1.14. The monoisotopic (exact) mass is 417 g/mol. The topological polar surface area (TPSA) is 52.7 Å². The van der Waals surface area contributed by atoms with Crippen LogP contribution in [0.3, 0.4) is 0 Å². The highest BCUT2D eigenvalue weighted by molar-refractivity contribution is 5.95. The summed E-state index contributed by atoms with van der Waals surface area (Å²) in [6, 6.07) is 11.9. The van der Waals surface area contributed by atoms with Gasteiger partial charge in [0.2, 0.25) is 5.91 Å². The fourth-order valence-electron chi connectivity index (χ4n) is 3.55. The predicted octanol–water partition coefficient (Wildman–Crippen LogP) is 4.89. The van der Waals surface area contributed by atoms with Crippen molar-refractivity contribution in [3.63, 3.8) is 0 Å². The lowest BCUT2D eigenvalue weighted by Gasteiger charge is -2.35. The molecule has 5 nitrogen and oxygen atoms in total. The molecule has 0 unspecified atom stereocenters. The molecular formula is C22H22F3N3O2. The lowest BCUT2D eigenvalue weighted by atomic mass is 10.1. The number of halogens is 3. The van der Waals surface area contributed by atoms with E-state index in [0.717, 1.165) is 25.0 Å². The summed E-state index contributed by atoms with van der Waals surface area (Å²) in [5.41, 5.74) is 1.10. The second-order valence-corrected chi connectivity index (χ2v) is 7.72. The maximum absolute atomic E-state index is 13.0. The zero-order valence-corrected chi connectivity index (χ0v) is 16.3. The first-order valence-electron chi connectivity index (χ1n) is 9.95.